The number of phenolic OH excluding ortho intramolecular Hbond substituents is 1. The SMILES string of the molecule is CC[C@H](C)[C@H](CO)NC(=O)C1C[C@@]2(O)[C@H]3Cc4ccc(O)c5c4[C@@]2(CCN3CC2CC2)[C@@H](O5)C1=O. The minimum Gasteiger partial charge on any atom is -0.504 e. The van der Waals surface area contributed by atoms with Gasteiger partial charge in [0.1, 0.15) is 5.92 Å². The van der Waals surface area contributed by atoms with Crippen LogP contribution in [-0.4, -0.2) is 75.4 Å². The quantitative estimate of drug-likeness (QED) is 0.431. The normalized spacial score (nSPS) is 36.8. The van der Waals surface area contributed by atoms with Gasteiger partial charge in [-0.05, 0) is 62.1 Å². The molecule has 190 valence electrons. The van der Waals surface area contributed by atoms with Crippen molar-refractivity contribution in [2.75, 3.05) is 19.7 Å². The number of hydrogen-bond donors (Lipinski definition) is 4. The number of likely N-dealkylation sites (tertiary alicyclic amines) is 1. The van der Waals surface area contributed by atoms with E-state index in [1.54, 1.807) is 6.07 Å². The van der Waals surface area contributed by atoms with Crippen molar-refractivity contribution in [3.63, 3.8) is 0 Å². The molecule has 4 N–H and O–H groups in total. The van der Waals surface area contributed by atoms with Crippen molar-refractivity contribution >= 4 is 11.7 Å². The Bertz CT molecular complexity index is 1070. The van der Waals surface area contributed by atoms with Gasteiger partial charge in [-0.25, -0.2) is 0 Å². The van der Waals surface area contributed by atoms with Gasteiger partial charge < -0.3 is 25.4 Å². The molecule has 1 spiro atoms. The van der Waals surface area contributed by atoms with E-state index in [0.717, 1.165) is 30.6 Å². The number of nitrogens with one attached hydrogen (secondary N) is 1. The summed E-state index contributed by atoms with van der Waals surface area (Å²) in [5.74, 6) is -0.915. The molecule has 1 saturated heterocycles. The molecule has 5 aliphatic rings. The number of phenols is 1. The molecule has 8 nitrogen and oxygen atoms in total. The second-order valence-corrected chi connectivity index (χ2v) is 11.6. The van der Waals surface area contributed by atoms with E-state index in [0.29, 0.717) is 24.5 Å². The van der Waals surface area contributed by atoms with Crippen LogP contribution in [0.25, 0.3) is 0 Å². The molecule has 3 aliphatic carbocycles. The number of amides is 1. The maximum absolute atomic E-state index is 13.9. The van der Waals surface area contributed by atoms with Crippen LogP contribution >= 0.6 is 0 Å². The summed E-state index contributed by atoms with van der Waals surface area (Å²) in [6, 6.07) is 2.83. The molecule has 6 rings (SSSR count). The first-order chi connectivity index (χ1) is 16.7. The monoisotopic (exact) mass is 484 g/mol. The highest BCUT2D eigenvalue weighted by molar-refractivity contribution is 6.06. The average molecular weight is 485 g/mol. The van der Waals surface area contributed by atoms with Gasteiger partial charge in [0.2, 0.25) is 5.91 Å². The first-order valence-electron chi connectivity index (χ1n) is 13.2. The third-order valence-corrected chi connectivity index (χ3v) is 9.80. The highest BCUT2D eigenvalue weighted by Crippen LogP contribution is 2.65. The van der Waals surface area contributed by atoms with Crippen molar-refractivity contribution in [3.05, 3.63) is 23.3 Å². The van der Waals surface area contributed by atoms with Crippen LogP contribution in [0.3, 0.4) is 0 Å². The lowest BCUT2D eigenvalue weighted by Crippen LogP contribution is -2.78. The van der Waals surface area contributed by atoms with E-state index in [2.05, 4.69) is 10.2 Å². The Morgan fingerprint density at radius 1 is 1.34 bits per heavy atom. The number of ketones is 1. The molecule has 35 heavy (non-hydrogen) atoms. The molecule has 1 unspecified atom stereocenters. The van der Waals surface area contributed by atoms with Crippen molar-refractivity contribution in [1.29, 1.82) is 0 Å². The molecule has 0 radical (unpaired) electrons. The fourth-order valence-corrected chi connectivity index (χ4v) is 7.46. The molecule has 1 aromatic rings. The summed E-state index contributed by atoms with van der Waals surface area (Å²) < 4.78 is 6.19. The Morgan fingerprint density at radius 2 is 2.11 bits per heavy atom. The minimum atomic E-state index is -1.34. The molecule has 2 bridgehead atoms. The Balaban J connectivity index is 1.42. The number of nitrogens with zero attached hydrogens (tertiary/aromatic N) is 1. The lowest BCUT2D eigenvalue weighted by atomic mass is 9.47. The minimum absolute atomic E-state index is 0.0244. The largest absolute Gasteiger partial charge is 0.504 e. The first kappa shape index (κ1) is 23.3. The van der Waals surface area contributed by atoms with Crippen molar-refractivity contribution in [2.24, 2.45) is 17.8 Å². The highest BCUT2D eigenvalue weighted by Gasteiger charge is 2.75. The van der Waals surface area contributed by atoms with Gasteiger partial charge in [-0.1, -0.05) is 26.3 Å². The van der Waals surface area contributed by atoms with Crippen LogP contribution in [0.1, 0.15) is 57.1 Å². The van der Waals surface area contributed by atoms with E-state index >= 15 is 0 Å². The Morgan fingerprint density at radius 3 is 2.80 bits per heavy atom. The number of Topliss-reactive ketones (excluding diaryl/α,β-unsaturated/α-hetero) is 1. The van der Waals surface area contributed by atoms with Crippen molar-refractivity contribution in [3.8, 4) is 11.5 Å². The standard InChI is InChI=1S/C27H36N2O6/c1-3-14(2)18(13-30)28-25(33)17-11-27(34)20-10-16-6-7-19(31)23-21(16)26(27,24(35-23)22(17)32)8-9-29(20)12-15-4-5-15/h6-7,14-15,17-18,20,24,30-31,34H,3-5,8-13H2,1-2H3,(H,28,33)/t14-,17?,18-,20+,24-,26-,27+/m0/s1. The number of benzene rings is 1. The fraction of sp³-hybridized carbons (Fsp3) is 0.704. The van der Waals surface area contributed by atoms with Gasteiger partial charge in [0.05, 0.1) is 23.7 Å². The Hall–Kier alpha value is -2.16. The van der Waals surface area contributed by atoms with Gasteiger partial charge in [0, 0.05) is 18.2 Å². The average Bonchev–Trinajstić information content (AvgIpc) is 3.58. The maximum Gasteiger partial charge on any atom is 0.231 e. The number of carbonyl (C=O) groups excluding carboxylic acids is 2. The van der Waals surface area contributed by atoms with Crippen LogP contribution in [0.4, 0.5) is 0 Å². The van der Waals surface area contributed by atoms with Crippen molar-refractivity contribution in [1.82, 2.24) is 10.2 Å². The summed E-state index contributed by atoms with van der Waals surface area (Å²) in [5, 5.41) is 36.0. The van der Waals surface area contributed by atoms with Gasteiger partial charge >= 0.3 is 0 Å². The third kappa shape index (κ3) is 3.09. The molecule has 1 amide bonds. The third-order valence-electron chi connectivity index (χ3n) is 9.80. The number of ether oxygens (including phenoxy) is 1. The molecule has 0 aromatic heterocycles. The van der Waals surface area contributed by atoms with Crippen LogP contribution in [0.5, 0.6) is 11.5 Å². The van der Waals surface area contributed by atoms with Crippen LogP contribution in [0, 0.1) is 17.8 Å². The molecule has 8 heteroatoms. The van der Waals surface area contributed by atoms with E-state index in [4.69, 9.17) is 4.74 Å². The topological polar surface area (TPSA) is 119 Å². The number of hydrogen-bond acceptors (Lipinski definition) is 7. The summed E-state index contributed by atoms with van der Waals surface area (Å²) in [6.45, 7) is 5.40. The lowest BCUT2D eigenvalue weighted by molar-refractivity contribution is -0.198. The predicted molar refractivity (Wildman–Crippen MR) is 127 cm³/mol. The van der Waals surface area contributed by atoms with Crippen LogP contribution in [0.2, 0.25) is 0 Å². The van der Waals surface area contributed by atoms with Gasteiger partial charge in [0.25, 0.3) is 0 Å². The van der Waals surface area contributed by atoms with Crippen molar-refractivity contribution < 1.29 is 29.6 Å². The number of piperidine rings is 1. The first-order valence-corrected chi connectivity index (χ1v) is 13.2. The molecular weight excluding hydrogens is 448 g/mol. The van der Waals surface area contributed by atoms with Crippen molar-refractivity contribution in [2.45, 2.75) is 81.6 Å². The zero-order chi connectivity index (χ0) is 24.7. The molecule has 2 heterocycles. The lowest BCUT2D eigenvalue weighted by Gasteiger charge is -2.63. The van der Waals surface area contributed by atoms with E-state index in [1.165, 1.54) is 12.8 Å². The van der Waals surface area contributed by atoms with Crippen LogP contribution in [0.15, 0.2) is 12.1 Å². The zero-order valence-corrected chi connectivity index (χ0v) is 20.5. The molecule has 2 aliphatic heterocycles. The van der Waals surface area contributed by atoms with Gasteiger partial charge in [-0.15, -0.1) is 0 Å². The number of carbonyl (C=O) groups is 2. The number of rotatable bonds is 7. The number of aliphatic hydroxyl groups is 2. The predicted octanol–water partition coefficient (Wildman–Crippen LogP) is 1.27. The van der Waals surface area contributed by atoms with Gasteiger partial charge in [-0.3, -0.25) is 14.5 Å². The second kappa shape index (κ2) is 7.92. The van der Waals surface area contributed by atoms with E-state index in [1.807, 2.05) is 19.9 Å². The van der Waals surface area contributed by atoms with Crippen LogP contribution in [-0.2, 0) is 21.4 Å². The Labute approximate surface area is 205 Å². The summed E-state index contributed by atoms with van der Waals surface area (Å²) in [7, 11) is 0. The Kier molecular flexibility index (Phi) is 5.26. The second-order valence-electron chi connectivity index (χ2n) is 11.6. The van der Waals surface area contributed by atoms with E-state index in [9.17, 15) is 24.9 Å². The number of aliphatic hydroxyl groups excluding tert-OH is 1. The summed E-state index contributed by atoms with van der Waals surface area (Å²) in [4.78, 5) is 29.7. The zero-order valence-electron chi connectivity index (χ0n) is 20.5. The fourth-order valence-electron chi connectivity index (χ4n) is 7.46. The summed E-state index contributed by atoms with van der Waals surface area (Å²) >= 11 is 0. The molecule has 2 saturated carbocycles. The van der Waals surface area contributed by atoms with Gasteiger partial charge in [-0.2, -0.15) is 0 Å². The molecule has 1 aromatic carbocycles. The highest BCUT2D eigenvalue weighted by atomic mass is 16.5. The summed E-state index contributed by atoms with van der Waals surface area (Å²) in [6.07, 6.45) is 3.34. The maximum atomic E-state index is 13.9. The van der Waals surface area contributed by atoms with E-state index in [-0.39, 0.29) is 36.5 Å². The number of aromatic hydroxyl groups is 1. The molecule has 7 atom stereocenters. The molecule has 3 fully saturated rings. The van der Waals surface area contributed by atoms with Gasteiger partial charge in [0.15, 0.2) is 23.4 Å². The molecular formula is C27H36N2O6. The van der Waals surface area contributed by atoms with Crippen LogP contribution < -0.4 is 10.1 Å². The van der Waals surface area contributed by atoms with E-state index < -0.39 is 35.0 Å². The smallest absolute Gasteiger partial charge is 0.231 e. The summed E-state index contributed by atoms with van der Waals surface area (Å²) in [5.41, 5.74) is -0.506.